The number of carbonyl (C=O) groups excluding carboxylic acids is 1. The van der Waals surface area contributed by atoms with E-state index in [1.54, 1.807) is 13.0 Å². The molecular weight excluding hydrogens is 308 g/mol. The normalized spacial score (nSPS) is 24.3. The number of rotatable bonds is 5. The molecule has 0 saturated heterocycles. The van der Waals surface area contributed by atoms with Crippen LogP contribution in [0.3, 0.4) is 0 Å². The van der Waals surface area contributed by atoms with E-state index in [9.17, 15) is 18.7 Å². The van der Waals surface area contributed by atoms with E-state index >= 15 is 0 Å². The second kappa shape index (κ2) is 7.54. The topological polar surface area (TPSA) is 83.5 Å². The molecule has 0 unspecified atom stereocenters. The minimum absolute atomic E-state index is 0.142. The molecule has 1 fully saturated rings. The van der Waals surface area contributed by atoms with Gasteiger partial charge in [-0.25, -0.2) is 9.78 Å². The van der Waals surface area contributed by atoms with Crippen molar-refractivity contribution in [3.05, 3.63) is 23.9 Å². The van der Waals surface area contributed by atoms with Crippen LogP contribution in [-0.2, 0) is 6.54 Å². The maximum atomic E-state index is 12.1. The first-order valence-corrected chi connectivity index (χ1v) is 7.53. The molecule has 1 aliphatic rings. The molecular formula is C15H21F2N3O3. The molecule has 0 bridgehead atoms. The number of halogens is 2. The van der Waals surface area contributed by atoms with E-state index in [4.69, 9.17) is 0 Å². The Kier molecular flexibility index (Phi) is 5.70. The number of aliphatic hydroxyl groups is 1. The summed E-state index contributed by atoms with van der Waals surface area (Å²) in [5.74, 6) is -0.199. The molecule has 0 aromatic carbocycles. The minimum Gasteiger partial charge on any atom is -0.417 e. The zero-order valence-corrected chi connectivity index (χ0v) is 12.9. The van der Waals surface area contributed by atoms with Crippen molar-refractivity contribution in [2.75, 3.05) is 0 Å². The number of amides is 2. The number of urea groups is 1. The Morgan fingerprint density at radius 3 is 3.04 bits per heavy atom. The Labute approximate surface area is 133 Å². The minimum atomic E-state index is -2.94. The first-order valence-electron chi connectivity index (χ1n) is 7.53. The number of pyridine rings is 1. The van der Waals surface area contributed by atoms with Gasteiger partial charge in [0.25, 0.3) is 0 Å². The van der Waals surface area contributed by atoms with Crippen molar-refractivity contribution in [2.45, 2.75) is 57.4 Å². The van der Waals surface area contributed by atoms with Crippen molar-refractivity contribution in [3.63, 3.8) is 0 Å². The largest absolute Gasteiger partial charge is 0.417 e. The third-order valence-electron chi connectivity index (χ3n) is 3.94. The van der Waals surface area contributed by atoms with Crippen molar-refractivity contribution in [1.29, 1.82) is 0 Å². The summed E-state index contributed by atoms with van der Waals surface area (Å²) in [6.07, 6.45) is 4.60. The van der Waals surface area contributed by atoms with Crippen LogP contribution in [0.1, 0.15) is 38.2 Å². The van der Waals surface area contributed by atoms with Gasteiger partial charge < -0.3 is 20.5 Å². The second-order valence-electron chi connectivity index (χ2n) is 5.86. The van der Waals surface area contributed by atoms with Crippen LogP contribution in [0.2, 0.25) is 0 Å². The van der Waals surface area contributed by atoms with Crippen molar-refractivity contribution < 1.29 is 23.4 Å². The standard InChI is InChI=1S/C15H21F2N3O3/c1-15(22)6-3-2-4-11(15)20-14(21)19-9-10-5-7-18-12(8-10)23-13(16)17/h5,7-8,11,13,22H,2-4,6,9H2,1H3,(H2,19,20,21)/t11-,15-/m0/s1. The van der Waals surface area contributed by atoms with Gasteiger partial charge in [0.2, 0.25) is 5.88 Å². The Morgan fingerprint density at radius 2 is 2.35 bits per heavy atom. The molecule has 1 aromatic rings. The number of nitrogens with zero attached hydrogens (tertiary/aromatic N) is 1. The van der Waals surface area contributed by atoms with Crippen LogP contribution in [0.4, 0.5) is 13.6 Å². The maximum Gasteiger partial charge on any atom is 0.388 e. The Balaban J connectivity index is 1.84. The molecule has 128 valence electrons. The molecule has 1 saturated carbocycles. The summed E-state index contributed by atoms with van der Waals surface area (Å²) >= 11 is 0. The molecule has 2 rings (SSSR count). The van der Waals surface area contributed by atoms with Crippen molar-refractivity contribution >= 4 is 6.03 Å². The quantitative estimate of drug-likeness (QED) is 0.773. The fourth-order valence-corrected chi connectivity index (χ4v) is 2.65. The number of nitrogens with one attached hydrogen (secondary N) is 2. The molecule has 2 amide bonds. The molecule has 3 N–H and O–H groups in total. The lowest BCUT2D eigenvalue weighted by molar-refractivity contribution is -0.0529. The molecule has 6 nitrogen and oxygen atoms in total. The summed E-state index contributed by atoms with van der Waals surface area (Å²) in [7, 11) is 0. The van der Waals surface area contributed by atoms with Gasteiger partial charge in [0.05, 0.1) is 11.6 Å². The lowest BCUT2D eigenvalue weighted by Crippen LogP contribution is -2.54. The van der Waals surface area contributed by atoms with Gasteiger partial charge in [0.1, 0.15) is 0 Å². The van der Waals surface area contributed by atoms with E-state index < -0.39 is 18.2 Å². The van der Waals surface area contributed by atoms with E-state index in [0.29, 0.717) is 12.0 Å². The molecule has 0 radical (unpaired) electrons. The number of hydrogen-bond acceptors (Lipinski definition) is 4. The number of hydrogen-bond donors (Lipinski definition) is 3. The predicted octanol–water partition coefficient (Wildman–Crippen LogP) is 2.18. The lowest BCUT2D eigenvalue weighted by atomic mass is 9.82. The SMILES string of the molecule is C[C@]1(O)CCCC[C@@H]1NC(=O)NCc1ccnc(OC(F)F)c1. The summed E-state index contributed by atoms with van der Waals surface area (Å²) in [6.45, 7) is -1.08. The Hall–Kier alpha value is -1.96. The molecule has 1 aliphatic carbocycles. The number of alkyl halides is 2. The van der Waals surface area contributed by atoms with Crippen LogP contribution >= 0.6 is 0 Å². The van der Waals surface area contributed by atoms with Gasteiger partial charge in [-0.15, -0.1) is 0 Å². The van der Waals surface area contributed by atoms with Gasteiger partial charge in [-0.3, -0.25) is 0 Å². The molecule has 1 aromatic heterocycles. The number of aromatic nitrogens is 1. The lowest BCUT2D eigenvalue weighted by Gasteiger charge is -2.37. The fraction of sp³-hybridized carbons (Fsp3) is 0.600. The Bertz CT molecular complexity index is 540. The molecule has 0 aliphatic heterocycles. The molecule has 2 atom stereocenters. The van der Waals surface area contributed by atoms with Crippen LogP contribution in [0.25, 0.3) is 0 Å². The molecule has 0 spiro atoms. The van der Waals surface area contributed by atoms with Crippen molar-refractivity contribution in [3.8, 4) is 5.88 Å². The van der Waals surface area contributed by atoms with Gasteiger partial charge in [0.15, 0.2) is 0 Å². The highest BCUT2D eigenvalue weighted by Crippen LogP contribution is 2.27. The number of carbonyl (C=O) groups is 1. The van der Waals surface area contributed by atoms with Crippen LogP contribution in [0.5, 0.6) is 5.88 Å². The van der Waals surface area contributed by atoms with E-state index in [1.165, 1.54) is 12.3 Å². The zero-order valence-electron chi connectivity index (χ0n) is 12.9. The fourth-order valence-electron chi connectivity index (χ4n) is 2.65. The zero-order chi connectivity index (χ0) is 16.9. The van der Waals surface area contributed by atoms with Crippen LogP contribution in [-0.4, -0.2) is 34.4 Å². The summed E-state index contributed by atoms with van der Waals surface area (Å²) in [4.78, 5) is 15.6. The van der Waals surface area contributed by atoms with Gasteiger partial charge in [-0.05, 0) is 31.4 Å². The Morgan fingerprint density at radius 1 is 1.57 bits per heavy atom. The average molecular weight is 329 g/mol. The van der Waals surface area contributed by atoms with Crippen LogP contribution < -0.4 is 15.4 Å². The maximum absolute atomic E-state index is 12.1. The molecule has 8 heteroatoms. The van der Waals surface area contributed by atoms with Crippen molar-refractivity contribution in [2.24, 2.45) is 0 Å². The third-order valence-corrected chi connectivity index (χ3v) is 3.94. The highest BCUT2D eigenvalue weighted by atomic mass is 19.3. The smallest absolute Gasteiger partial charge is 0.388 e. The first kappa shape index (κ1) is 17.4. The van der Waals surface area contributed by atoms with Gasteiger partial charge in [-0.2, -0.15) is 8.78 Å². The summed E-state index contributed by atoms with van der Waals surface area (Å²) < 4.78 is 28.5. The first-order chi connectivity index (χ1) is 10.9. The monoisotopic (exact) mass is 329 g/mol. The van der Waals surface area contributed by atoms with Crippen LogP contribution in [0, 0.1) is 0 Å². The molecule has 1 heterocycles. The van der Waals surface area contributed by atoms with Gasteiger partial charge >= 0.3 is 12.6 Å². The van der Waals surface area contributed by atoms with E-state index in [1.807, 2.05) is 0 Å². The number of ether oxygens (including phenoxy) is 1. The second-order valence-corrected chi connectivity index (χ2v) is 5.86. The molecule has 23 heavy (non-hydrogen) atoms. The van der Waals surface area contributed by atoms with Crippen molar-refractivity contribution in [1.82, 2.24) is 15.6 Å². The van der Waals surface area contributed by atoms with Gasteiger partial charge in [-0.1, -0.05) is 12.8 Å². The summed E-state index contributed by atoms with van der Waals surface area (Å²) in [5.41, 5.74) is -0.328. The van der Waals surface area contributed by atoms with E-state index in [-0.39, 0.29) is 18.5 Å². The van der Waals surface area contributed by atoms with Crippen LogP contribution in [0.15, 0.2) is 18.3 Å². The van der Waals surface area contributed by atoms with E-state index in [0.717, 1.165) is 19.3 Å². The van der Waals surface area contributed by atoms with E-state index in [2.05, 4.69) is 20.4 Å². The summed E-state index contributed by atoms with van der Waals surface area (Å²) in [5, 5.41) is 15.6. The third kappa shape index (κ3) is 5.31. The highest BCUT2D eigenvalue weighted by Gasteiger charge is 2.35. The average Bonchev–Trinajstić information content (AvgIpc) is 2.47. The predicted molar refractivity (Wildman–Crippen MR) is 79.1 cm³/mol. The highest BCUT2D eigenvalue weighted by molar-refractivity contribution is 5.74. The van der Waals surface area contributed by atoms with Gasteiger partial charge in [0, 0.05) is 18.8 Å². The summed E-state index contributed by atoms with van der Waals surface area (Å²) in [6, 6.07) is 2.22.